The van der Waals surface area contributed by atoms with Gasteiger partial charge in [0.2, 0.25) is 5.91 Å². The summed E-state index contributed by atoms with van der Waals surface area (Å²) in [6.07, 6.45) is 2.05. The number of benzene rings is 1. The minimum atomic E-state index is -0.474. The lowest BCUT2D eigenvalue weighted by Gasteiger charge is -2.30. The van der Waals surface area contributed by atoms with E-state index in [1.165, 1.54) is 5.56 Å². The minimum absolute atomic E-state index is 0. The Labute approximate surface area is 127 Å². The van der Waals surface area contributed by atoms with Gasteiger partial charge in [0.1, 0.15) is 0 Å². The molecule has 1 fully saturated rings. The van der Waals surface area contributed by atoms with Crippen molar-refractivity contribution >= 4 is 18.3 Å². The van der Waals surface area contributed by atoms with E-state index in [1.54, 1.807) is 0 Å². The van der Waals surface area contributed by atoms with E-state index in [2.05, 4.69) is 41.8 Å². The molecule has 1 aromatic rings. The summed E-state index contributed by atoms with van der Waals surface area (Å²) >= 11 is 0. The van der Waals surface area contributed by atoms with Crippen LogP contribution in [0.25, 0.3) is 0 Å². The number of carbonyl (C=O) groups excluding carboxylic acids is 1. The second-order valence-corrected chi connectivity index (χ2v) is 5.99. The fourth-order valence-corrected chi connectivity index (χ4v) is 2.43. The molecule has 0 aliphatic carbocycles. The molecule has 0 spiro atoms. The van der Waals surface area contributed by atoms with E-state index in [9.17, 15) is 4.79 Å². The molecule has 4 heteroatoms. The molecule has 0 unspecified atom stereocenters. The highest BCUT2D eigenvalue weighted by molar-refractivity contribution is 5.87. The number of hydrogen-bond donors (Lipinski definition) is 2. The number of hydrogen-bond acceptors (Lipinski definition) is 2. The van der Waals surface area contributed by atoms with E-state index in [-0.39, 0.29) is 18.3 Å². The van der Waals surface area contributed by atoms with Crippen LogP contribution in [0.3, 0.4) is 0 Å². The number of halogens is 1. The average Bonchev–Trinajstić information content (AvgIpc) is 2.40. The summed E-state index contributed by atoms with van der Waals surface area (Å²) in [4.78, 5) is 12.5. The Bertz CT molecular complexity index is 436. The van der Waals surface area contributed by atoms with Crippen LogP contribution in [0.15, 0.2) is 24.3 Å². The van der Waals surface area contributed by atoms with Crippen LogP contribution >= 0.6 is 12.4 Å². The standard InChI is InChI=1S/C16H24N2O.ClH/c1-12-4-6-13(7-5-12)16(2,3)15(19)18-14-8-10-17-11-9-14;/h4-7,14,17H,8-11H2,1-3H3,(H,18,19);1H. The van der Waals surface area contributed by atoms with E-state index in [0.717, 1.165) is 31.5 Å². The highest BCUT2D eigenvalue weighted by Crippen LogP contribution is 2.24. The monoisotopic (exact) mass is 296 g/mol. The fraction of sp³-hybridized carbons (Fsp3) is 0.562. The molecule has 112 valence electrons. The molecule has 0 aromatic heterocycles. The van der Waals surface area contributed by atoms with E-state index < -0.39 is 5.41 Å². The fourth-order valence-electron chi connectivity index (χ4n) is 2.43. The van der Waals surface area contributed by atoms with Crippen molar-refractivity contribution in [1.29, 1.82) is 0 Å². The molecule has 1 heterocycles. The van der Waals surface area contributed by atoms with Crippen molar-refractivity contribution in [1.82, 2.24) is 10.6 Å². The first kappa shape index (κ1) is 17.0. The topological polar surface area (TPSA) is 41.1 Å². The SMILES string of the molecule is Cc1ccc(C(C)(C)C(=O)NC2CCNCC2)cc1.Cl. The summed E-state index contributed by atoms with van der Waals surface area (Å²) in [6, 6.07) is 8.55. The Morgan fingerprint density at radius 2 is 1.75 bits per heavy atom. The van der Waals surface area contributed by atoms with Gasteiger partial charge < -0.3 is 10.6 Å². The smallest absolute Gasteiger partial charge is 0.230 e. The molecule has 1 aromatic carbocycles. The third-order valence-electron chi connectivity index (χ3n) is 4.02. The van der Waals surface area contributed by atoms with Crippen molar-refractivity contribution in [3.05, 3.63) is 35.4 Å². The van der Waals surface area contributed by atoms with Crippen LogP contribution in [0, 0.1) is 6.92 Å². The molecule has 3 nitrogen and oxygen atoms in total. The maximum Gasteiger partial charge on any atom is 0.230 e. The molecule has 0 bridgehead atoms. The molecule has 0 atom stereocenters. The van der Waals surface area contributed by atoms with E-state index in [0.29, 0.717) is 6.04 Å². The summed E-state index contributed by atoms with van der Waals surface area (Å²) in [5.74, 6) is 0.128. The van der Waals surface area contributed by atoms with Gasteiger partial charge in [-0.3, -0.25) is 4.79 Å². The predicted octanol–water partition coefficient (Wildman–Crippen LogP) is 2.56. The summed E-state index contributed by atoms with van der Waals surface area (Å²) in [5, 5.41) is 6.51. The van der Waals surface area contributed by atoms with E-state index in [1.807, 2.05) is 13.8 Å². The molecule has 1 saturated heterocycles. The third-order valence-corrected chi connectivity index (χ3v) is 4.02. The zero-order chi connectivity index (χ0) is 13.9. The number of piperidine rings is 1. The van der Waals surface area contributed by atoms with Gasteiger partial charge in [-0.25, -0.2) is 0 Å². The molecule has 1 amide bonds. The number of carbonyl (C=O) groups is 1. The first-order valence-corrected chi connectivity index (χ1v) is 7.09. The molecule has 0 saturated carbocycles. The van der Waals surface area contributed by atoms with Crippen molar-refractivity contribution < 1.29 is 4.79 Å². The van der Waals surface area contributed by atoms with Crippen LogP contribution in [-0.4, -0.2) is 25.0 Å². The van der Waals surface area contributed by atoms with Crippen molar-refractivity contribution in [3.63, 3.8) is 0 Å². The van der Waals surface area contributed by atoms with Gasteiger partial charge >= 0.3 is 0 Å². The lowest BCUT2D eigenvalue weighted by molar-refractivity contribution is -0.126. The first-order valence-electron chi connectivity index (χ1n) is 7.09. The molecular formula is C16H25ClN2O. The van der Waals surface area contributed by atoms with E-state index >= 15 is 0 Å². The minimum Gasteiger partial charge on any atom is -0.353 e. The number of rotatable bonds is 3. The Morgan fingerprint density at radius 1 is 1.20 bits per heavy atom. The number of amides is 1. The van der Waals surface area contributed by atoms with Crippen molar-refractivity contribution in [2.24, 2.45) is 0 Å². The first-order chi connectivity index (χ1) is 9.00. The largest absolute Gasteiger partial charge is 0.353 e. The van der Waals surface area contributed by atoms with Crippen LogP contribution in [0.1, 0.15) is 37.8 Å². The maximum absolute atomic E-state index is 12.5. The molecule has 2 N–H and O–H groups in total. The zero-order valence-corrected chi connectivity index (χ0v) is 13.3. The molecule has 1 aliphatic heterocycles. The van der Waals surface area contributed by atoms with Crippen LogP contribution < -0.4 is 10.6 Å². The molecule has 1 aliphatic rings. The summed E-state index contributed by atoms with van der Waals surface area (Å²) in [7, 11) is 0. The number of aryl methyl sites for hydroxylation is 1. The van der Waals surface area contributed by atoms with Gasteiger partial charge in [0.25, 0.3) is 0 Å². The highest BCUT2D eigenvalue weighted by Gasteiger charge is 2.31. The lowest BCUT2D eigenvalue weighted by Crippen LogP contribution is -2.48. The number of nitrogens with one attached hydrogen (secondary N) is 2. The quantitative estimate of drug-likeness (QED) is 0.900. The van der Waals surface area contributed by atoms with Crippen LogP contribution in [-0.2, 0) is 10.2 Å². The second-order valence-electron chi connectivity index (χ2n) is 5.99. The van der Waals surface area contributed by atoms with Crippen molar-refractivity contribution in [2.75, 3.05) is 13.1 Å². The highest BCUT2D eigenvalue weighted by atomic mass is 35.5. The van der Waals surface area contributed by atoms with Crippen LogP contribution in [0.4, 0.5) is 0 Å². The Balaban J connectivity index is 0.00000200. The second kappa shape index (κ2) is 7.09. The van der Waals surface area contributed by atoms with Crippen molar-refractivity contribution in [3.8, 4) is 0 Å². The van der Waals surface area contributed by atoms with Gasteiger partial charge in [-0.1, -0.05) is 29.8 Å². The van der Waals surface area contributed by atoms with E-state index in [4.69, 9.17) is 0 Å². The third kappa shape index (κ3) is 3.97. The molecule has 0 radical (unpaired) electrons. The average molecular weight is 297 g/mol. The summed E-state index contributed by atoms with van der Waals surface area (Å²) in [6.45, 7) is 8.04. The van der Waals surface area contributed by atoms with Gasteiger partial charge in [-0.15, -0.1) is 12.4 Å². The van der Waals surface area contributed by atoms with Gasteiger partial charge in [0.15, 0.2) is 0 Å². The summed E-state index contributed by atoms with van der Waals surface area (Å²) in [5.41, 5.74) is 1.82. The Morgan fingerprint density at radius 3 is 2.30 bits per heavy atom. The summed E-state index contributed by atoms with van der Waals surface area (Å²) < 4.78 is 0. The van der Waals surface area contributed by atoms with Gasteiger partial charge in [0, 0.05) is 6.04 Å². The molecule has 2 rings (SSSR count). The maximum atomic E-state index is 12.5. The zero-order valence-electron chi connectivity index (χ0n) is 12.5. The molecular weight excluding hydrogens is 272 g/mol. The van der Waals surface area contributed by atoms with Gasteiger partial charge in [-0.2, -0.15) is 0 Å². The molecule has 20 heavy (non-hydrogen) atoms. The van der Waals surface area contributed by atoms with Gasteiger partial charge in [0.05, 0.1) is 5.41 Å². The Kier molecular flexibility index (Phi) is 6.03. The lowest BCUT2D eigenvalue weighted by atomic mass is 9.83. The van der Waals surface area contributed by atoms with Crippen molar-refractivity contribution in [2.45, 2.75) is 45.1 Å². The Hall–Kier alpha value is -1.06. The van der Waals surface area contributed by atoms with Crippen LogP contribution in [0.2, 0.25) is 0 Å². The normalized spacial score (nSPS) is 16.4. The van der Waals surface area contributed by atoms with Gasteiger partial charge in [-0.05, 0) is 52.3 Å². The van der Waals surface area contributed by atoms with Crippen LogP contribution in [0.5, 0.6) is 0 Å². The predicted molar refractivity (Wildman–Crippen MR) is 85.5 cm³/mol.